The van der Waals surface area contributed by atoms with Gasteiger partial charge >= 0.3 is 0 Å². The van der Waals surface area contributed by atoms with E-state index in [4.69, 9.17) is 9.84 Å². The van der Waals surface area contributed by atoms with Crippen LogP contribution in [-0.4, -0.2) is 42.7 Å². The molecule has 0 radical (unpaired) electrons. The second kappa shape index (κ2) is 10.1. The quantitative estimate of drug-likeness (QED) is 0.383. The number of hydrogen-bond acceptors (Lipinski definition) is 5. The number of anilines is 1. The Labute approximate surface area is 205 Å². The van der Waals surface area contributed by atoms with Crippen LogP contribution in [0.3, 0.4) is 0 Å². The predicted octanol–water partition coefficient (Wildman–Crippen LogP) is 4.83. The lowest BCUT2D eigenvalue weighted by atomic mass is 10.0. The van der Waals surface area contributed by atoms with E-state index in [-0.39, 0.29) is 18.3 Å². The Morgan fingerprint density at radius 3 is 2.46 bits per heavy atom. The van der Waals surface area contributed by atoms with Crippen molar-refractivity contribution in [2.75, 3.05) is 23.9 Å². The number of hydrogen-bond donors (Lipinski definition) is 1. The third-order valence-electron chi connectivity index (χ3n) is 5.57. The molecule has 4 rings (SSSR count). The molecule has 0 aliphatic carbocycles. The minimum atomic E-state index is -3.12. The van der Waals surface area contributed by atoms with Gasteiger partial charge in [0.2, 0.25) is 0 Å². The van der Waals surface area contributed by atoms with E-state index in [0.717, 1.165) is 28.6 Å². The minimum Gasteiger partial charge on any atom is -0.492 e. The van der Waals surface area contributed by atoms with Crippen LogP contribution in [0.5, 0.6) is 5.75 Å². The molecule has 1 heterocycles. The number of nitrogens with zero attached hydrogens (tertiary/aromatic N) is 2. The molecule has 0 spiro atoms. The minimum absolute atomic E-state index is 0.0387. The van der Waals surface area contributed by atoms with Gasteiger partial charge in [-0.25, -0.2) is 13.1 Å². The molecule has 0 unspecified atom stereocenters. The van der Waals surface area contributed by atoms with E-state index in [1.54, 1.807) is 35.1 Å². The molecule has 0 fully saturated rings. The molecule has 3 aromatic carbocycles. The zero-order valence-electron chi connectivity index (χ0n) is 19.9. The van der Waals surface area contributed by atoms with Gasteiger partial charge in [-0.2, -0.15) is 5.10 Å². The second-order valence-corrected chi connectivity index (χ2v) is 10.7. The fourth-order valence-electron chi connectivity index (χ4n) is 3.53. The first-order valence-electron chi connectivity index (χ1n) is 11.1. The summed E-state index contributed by atoms with van der Waals surface area (Å²) in [6, 6.07) is 22.5. The first kappa shape index (κ1) is 24.2. The van der Waals surface area contributed by atoms with Crippen molar-refractivity contribution >= 4 is 21.4 Å². The topological polar surface area (TPSA) is 90.3 Å². The Hall–Kier alpha value is -3.91. The lowest BCUT2D eigenvalue weighted by Gasteiger charge is -2.09. The highest BCUT2D eigenvalue weighted by Crippen LogP contribution is 2.27. The third-order valence-corrected chi connectivity index (χ3v) is 6.48. The zero-order valence-corrected chi connectivity index (χ0v) is 20.7. The molecule has 8 heteroatoms. The van der Waals surface area contributed by atoms with Gasteiger partial charge in [0.05, 0.1) is 17.0 Å². The van der Waals surface area contributed by atoms with E-state index in [2.05, 4.69) is 5.32 Å². The molecule has 0 atom stereocenters. The van der Waals surface area contributed by atoms with Crippen LogP contribution in [0.25, 0.3) is 16.9 Å². The number of sulfone groups is 1. The van der Waals surface area contributed by atoms with E-state index < -0.39 is 9.84 Å². The van der Waals surface area contributed by atoms with E-state index in [1.165, 1.54) is 0 Å². The summed E-state index contributed by atoms with van der Waals surface area (Å²) in [5.41, 5.74) is 5.52. The zero-order chi connectivity index (χ0) is 25.0. The molecule has 180 valence electrons. The molecule has 0 saturated heterocycles. The third kappa shape index (κ3) is 6.16. The number of carbonyl (C=O) groups is 1. The maximum Gasteiger partial charge on any atom is 0.259 e. The van der Waals surface area contributed by atoms with E-state index in [0.29, 0.717) is 22.7 Å². The number of ether oxygens (including phenoxy) is 1. The van der Waals surface area contributed by atoms with Gasteiger partial charge in [0, 0.05) is 29.8 Å². The lowest BCUT2D eigenvalue weighted by molar-refractivity contribution is 0.102. The first-order valence-corrected chi connectivity index (χ1v) is 13.2. The second-order valence-electron chi connectivity index (χ2n) is 8.43. The smallest absolute Gasteiger partial charge is 0.259 e. The summed E-state index contributed by atoms with van der Waals surface area (Å²) in [6.07, 6.45) is 2.89. The molecule has 7 nitrogen and oxygen atoms in total. The molecule has 35 heavy (non-hydrogen) atoms. The Kier molecular flexibility index (Phi) is 7.02. The van der Waals surface area contributed by atoms with Crippen LogP contribution in [0, 0.1) is 13.8 Å². The first-order chi connectivity index (χ1) is 16.7. The monoisotopic (exact) mass is 489 g/mol. The molecule has 0 bridgehead atoms. The van der Waals surface area contributed by atoms with Gasteiger partial charge in [-0.15, -0.1) is 0 Å². The normalized spacial score (nSPS) is 11.3. The van der Waals surface area contributed by atoms with Gasteiger partial charge in [0.25, 0.3) is 5.91 Å². The van der Waals surface area contributed by atoms with Gasteiger partial charge in [-0.3, -0.25) is 4.79 Å². The Morgan fingerprint density at radius 2 is 1.74 bits per heavy atom. The van der Waals surface area contributed by atoms with Crippen LogP contribution in [0.2, 0.25) is 0 Å². The summed E-state index contributed by atoms with van der Waals surface area (Å²) in [4.78, 5) is 13.4. The summed E-state index contributed by atoms with van der Waals surface area (Å²) in [5, 5.41) is 7.66. The summed E-state index contributed by atoms with van der Waals surface area (Å²) in [6.45, 7) is 4.11. The van der Waals surface area contributed by atoms with Crippen LogP contribution < -0.4 is 10.1 Å². The predicted molar refractivity (Wildman–Crippen MR) is 138 cm³/mol. The largest absolute Gasteiger partial charge is 0.492 e. The molecule has 4 aromatic rings. The highest BCUT2D eigenvalue weighted by Gasteiger charge is 2.19. The summed E-state index contributed by atoms with van der Waals surface area (Å²) < 4.78 is 29.9. The fraction of sp³-hybridized carbons (Fsp3) is 0.185. The number of para-hydroxylation sites is 1. The lowest BCUT2D eigenvalue weighted by Crippen LogP contribution is -2.13. The average Bonchev–Trinajstić information content (AvgIpc) is 3.27. The van der Waals surface area contributed by atoms with Crippen molar-refractivity contribution in [2.24, 2.45) is 0 Å². The Balaban J connectivity index is 1.63. The van der Waals surface area contributed by atoms with Crippen LogP contribution in [-0.2, 0) is 9.84 Å². The number of carbonyl (C=O) groups excluding carboxylic acids is 1. The number of aryl methyl sites for hydroxylation is 2. The van der Waals surface area contributed by atoms with Gasteiger partial charge in [0.1, 0.15) is 18.1 Å². The summed E-state index contributed by atoms with van der Waals surface area (Å²) in [5.74, 6) is 0.0798. The summed E-state index contributed by atoms with van der Waals surface area (Å²) in [7, 11) is -3.12. The van der Waals surface area contributed by atoms with Crippen LogP contribution >= 0.6 is 0 Å². The maximum atomic E-state index is 13.4. The van der Waals surface area contributed by atoms with Crippen molar-refractivity contribution in [3.63, 3.8) is 0 Å². The Morgan fingerprint density at radius 1 is 0.971 bits per heavy atom. The SMILES string of the molecule is Cc1ccc(-c2nn(-c3ccccc3)cc2C(=O)Nc2cccc(OCCS(C)(=O)=O)c2)cc1C. The Bertz CT molecular complexity index is 1460. The molecular weight excluding hydrogens is 462 g/mol. The molecule has 0 aliphatic heterocycles. The molecule has 0 saturated carbocycles. The van der Waals surface area contributed by atoms with Crippen molar-refractivity contribution < 1.29 is 17.9 Å². The van der Waals surface area contributed by atoms with Crippen molar-refractivity contribution in [3.8, 4) is 22.7 Å². The molecule has 1 amide bonds. The standard InChI is InChI=1S/C27H27N3O4S/c1-19-12-13-21(16-20(19)2)26-25(18-30(29-26)23-9-5-4-6-10-23)27(31)28-22-8-7-11-24(17-22)34-14-15-35(3,32)33/h4-13,16-18H,14-15H2,1-3H3,(H,28,31). The molecule has 0 aliphatic rings. The highest BCUT2D eigenvalue weighted by atomic mass is 32.2. The van der Waals surface area contributed by atoms with Crippen LogP contribution in [0.4, 0.5) is 5.69 Å². The number of nitrogens with one attached hydrogen (secondary N) is 1. The van der Waals surface area contributed by atoms with Crippen molar-refractivity contribution in [1.82, 2.24) is 9.78 Å². The number of aromatic nitrogens is 2. The van der Waals surface area contributed by atoms with E-state index in [9.17, 15) is 13.2 Å². The molecular formula is C27H27N3O4S. The van der Waals surface area contributed by atoms with Gasteiger partial charge in [0.15, 0.2) is 9.84 Å². The van der Waals surface area contributed by atoms with Crippen LogP contribution in [0.15, 0.2) is 79.0 Å². The molecule has 1 aromatic heterocycles. The fourth-order valence-corrected chi connectivity index (χ4v) is 3.91. The summed E-state index contributed by atoms with van der Waals surface area (Å²) >= 11 is 0. The number of amides is 1. The van der Waals surface area contributed by atoms with E-state index >= 15 is 0 Å². The van der Waals surface area contributed by atoms with Gasteiger partial charge < -0.3 is 10.1 Å². The van der Waals surface area contributed by atoms with Gasteiger partial charge in [-0.1, -0.05) is 36.4 Å². The van der Waals surface area contributed by atoms with Crippen molar-refractivity contribution in [3.05, 3.63) is 95.7 Å². The average molecular weight is 490 g/mol. The molecule has 1 N–H and O–H groups in total. The van der Waals surface area contributed by atoms with Crippen LogP contribution in [0.1, 0.15) is 21.5 Å². The van der Waals surface area contributed by atoms with Crippen molar-refractivity contribution in [1.29, 1.82) is 0 Å². The van der Waals surface area contributed by atoms with E-state index in [1.807, 2.05) is 62.4 Å². The maximum absolute atomic E-state index is 13.4. The van der Waals surface area contributed by atoms with Gasteiger partial charge in [-0.05, 0) is 55.3 Å². The van der Waals surface area contributed by atoms with Crippen molar-refractivity contribution in [2.45, 2.75) is 13.8 Å². The number of benzene rings is 3. The highest BCUT2D eigenvalue weighted by molar-refractivity contribution is 7.90. The number of rotatable bonds is 8.